The fourth-order valence-corrected chi connectivity index (χ4v) is 3.54. The molecular weight excluding hydrogens is 350 g/mol. The Morgan fingerprint density at radius 3 is 2.86 bits per heavy atom. The Morgan fingerprint density at radius 1 is 1.29 bits per heavy atom. The number of nitrogens with zero attached hydrogens (tertiary/aromatic N) is 2. The van der Waals surface area contributed by atoms with Gasteiger partial charge < -0.3 is 10.1 Å². The summed E-state index contributed by atoms with van der Waals surface area (Å²) in [6.45, 7) is 2.35. The molecule has 2 heterocycles. The quantitative estimate of drug-likeness (QED) is 0.692. The summed E-state index contributed by atoms with van der Waals surface area (Å²) in [5.41, 5.74) is 4.23. The number of carbonyl (C=O) groups excluding carboxylic acids is 1. The second kappa shape index (κ2) is 7.61. The van der Waals surface area contributed by atoms with Gasteiger partial charge in [0, 0.05) is 17.9 Å². The number of hydrogen-bond acceptors (Lipinski definition) is 3. The maximum Gasteiger partial charge on any atom is 0.226 e. The summed E-state index contributed by atoms with van der Waals surface area (Å²) in [6, 6.07) is 15.9. The van der Waals surface area contributed by atoms with Gasteiger partial charge in [0.1, 0.15) is 18.2 Å². The third-order valence-corrected chi connectivity index (χ3v) is 4.99. The van der Waals surface area contributed by atoms with Gasteiger partial charge >= 0.3 is 0 Å². The largest absolute Gasteiger partial charge is 0.481 e. The Bertz CT molecular complexity index is 1040. The van der Waals surface area contributed by atoms with Crippen LogP contribution in [0.2, 0.25) is 0 Å². The van der Waals surface area contributed by atoms with Gasteiger partial charge in [-0.15, -0.1) is 6.42 Å². The normalized spacial score (nSPS) is 15.4. The average molecular weight is 371 g/mol. The lowest BCUT2D eigenvalue weighted by Crippen LogP contribution is -2.24. The molecule has 1 atom stereocenters. The summed E-state index contributed by atoms with van der Waals surface area (Å²) in [5, 5.41) is 7.56. The lowest BCUT2D eigenvalue weighted by Gasteiger charge is -2.24. The minimum absolute atomic E-state index is 0.0152. The van der Waals surface area contributed by atoms with Crippen molar-refractivity contribution in [3.05, 3.63) is 71.4 Å². The molecule has 1 aliphatic rings. The van der Waals surface area contributed by atoms with Crippen LogP contribution in [0.25, 0.3) is 5.69 Å². The first kappa shape index (κ1) is 17.9. The van der Waals surface area contributed by atoms with Gasteiger partial charge in [-0.1, -0.05) is 37.1 Å². The molecule has 1 unspecified atom stereocenters. The lowest BCUT2D eigenvalue weighted by molar-refractivity contribution is -0.116. The molecule has 140 valence electrons. The molecule has 1 N–H and O–H groups in total. The van der Waals surface area contributed by atoms with E-state index < -0.39 is 0 Å². The van der Waals surface area contributed by atoms with Crippen LogP contribution >= 0.6 is 0 Å². The predicted molar refractivity (Wildman–Crippen MR) is 109 cm³/mol. The van der Waals surface area contributed by atoms with Crippen LogP contribution in [0.5, 0.6) is 5.75 Å². The van der Waals surface area contributed by atoms with Gasteiger partial charge in [0.15, 0.2) is 0 Å². The maximum absolute atomic E-state index is 12.4. The van der Waals surface area contributed by atoms with Crippen LogP contribution in [0.4, 0.5) is 5.82 Å². The zero-order chi connectivity index (χ0) is 19.5. The standard InChI is InChI=1S/C23H21N3O2/c1-3-12-28-19-10-8-17(9-11-19)20-14-22(27)25-23-21(20)15-24-26(23)18-7-5-6-16(4-2)13-18/h1,5-11,13,15,20H,4,12,14H2,2H3,(H,25,27). The zero-order valence-corrected chi connectivity index (χ0v) is 15.7. The molecule has 1 aliphatic heterocycles. The number of rotatable bonds is 5. The number of anilines is 1. The van der Waals surface area contributed by atoms with Crippen molar-refractivity contribution in [3.63, 3.8) is 0 Å². The molecule has 1 amide bonds. The monoisotopic (exact) mass is 371 g/mol. The second-order valence-corrected chi connectivity index (χ2v) is 6.75. The number of aryl methyl sites for hydroxylation is 1. The summed E-state index contributed by atoms with van der Waals surface area (Å²) >= 11 is 0. The Kier molecular flexibility index (Phi) is 4.86. The highest BCUT2D eigenvalue weighted by Crippen LogP contribution is 2.38. The van der Waals surface area contributed by atoms with E-state index in [1.165, 1.54) is 5.56 Å². The van der Waals surface area contributed by atoms with Gasteiger partial charge in [-0.3, -0.25) is 4.79 Å². The molecule has 5 nitrogen and oxygen atoms in total. The van der Waals surface area contributed by atoms with Crippen LogP contribution in [0.3, 0.4) is 0 Å². The molecular formula is C23H21N3O2. The first-order valence-electron chi connectivity index (χ1n) is 9.33. The molecule has 0 radical (unpaired) electrons. The van der Waals surface area contributed by atoms with Crippen molar-refractivity contribution < 1.29 is 9.53 Å². The van der Waals surface area contributed by atoms with E-state index in [9.17, 15) is 4.79 Å². The number of hydrogen-bond donors (Lipinski definition) is 1. The summed E-state index contributed by atoms with van der Waals surface area (Å²) in [5.74, 6) is 3.85. The molecule has 28 heavy (non-hydrogen) atoms. The van der Waals surface area contributed by atoms with Crippen LogP contribution in [0, 0.1) is 12.3 Å². The SMILES string of the molecule is C#CCOc1ccc(C2CC(=O)Nc3c2cnn3-c2cccc(CC)c2)cc1. The number of amides is 1. The van der Waals surface area contributed by atoms with Crippen molar-refractivity contribution in [3.8, 4) is 23.8 Å². The van der Waals surface area contributed by atoms with E-state index in [1.54, 1.807) is 0 Å². The summed E-state index contributed by atoms with van der Waals surface area (Å²) in [6.07, 6.45) is 8.41. The Balaban J connectivity index is 1.69. The third kappa shape index (κ3) is 3.37. The molecule has 0 spiro atoms. The van der Waals surface area contributed by atoms with E-state index >= 15 is 0 Å². The Morgan fingerprint density at radius 2 is 2.11 bits per heavy atom. The highest BCUT2D eigenvalue weighted by Gasteiger charge is 2.30. The van der Waals surface area contributed by atoms with E-state index in [4.69, 9.17) is 11.2 Å². The van der Waals surface area contributed by atoms with Crippen LogP contribution in [-0.4, -0.2) is 22.3 Å². The maximum atomic E-state index is 12.4. The van der Waals surface area contributed by atoms with Gasteiger partial charge in [-0.25, -0.2) is 4.68 Å². The minimum atomic E-state index is -0.0476. The lowest BCUT2D eigenvalue weighted by atomic mass is 9.87. The summed E-state index contributed by atoms with van der Waals surface area (Å²) < 4.78 is 7.25. The molecule has 2 aromatic carbocycles. The predicted octanol–water partition coefficient (Wildman–Crippen LogP) is 3.92. The highest BCUT2D eigenvalue weighted by molar-refractivity contribution is 5.94. The van der Waals surface area contributed by atoms with Crippen molar-refractivity contribution in [2.75, 3.05) is 11.9 Å². The molecule has 0 saturated carbocycles. The van der Waals surface area contributed by atoms with Gasteiger partial charge in [0.2, 0.25) is 5.91 Å². The number of benzene rings is 2. The van der Waals surface area contributed by atoms with Gasteiger partial charge in [0.25, 0.3) is 0 Å². The smallest absolute Gasteiger partial charge is 0.226 e. The number of nitrogens with one attached hydrogen (secondary N) is 1. The highest BCUT2D eigenvalue weighted by atomic mass is 16.5. The first-order valence-corrected chi connectivity index (χ1v) is 9.33. The molecule has 0 bridgehead atoms. The second-order valence-electron chi connectivity index (χ2n) is 6.75. The minimum Gasteiger partial charge on any atom is -0.481 e. The van der Waals surface area contributed by atoms with Crippen molar-refractivity contribution in [2.24, 2.45) is 0 Å². The summed E-state index contributed by atoms with van der Waals surface area (Å²) in [4.78, 5) is 12.4. The Hall–Kier alpha value is -3.52. The molecule has 1 aromatic heterocycles. The van der Waals surface area contributed by atoms with Crippen molar-refractivity contribution in [1.82, 2.24) is 9.78 Å². The van der Waals surface area contributed by atoms with Crippen molar-refractivity contribution in [1.29, 1.82) is 0 Å². The van der Waals surface area contributed by atoms with E-state index in [0.717, 1.165) is 29.1 Å². The van der Waals surface area contributed by atoms with Crippen LogP contribution in [0.1, 0.15) is 36.0 Å². The zero-order valence-electron chi connectivity index (χ0n) is 15.7. The van der Waals surface area contributed by atoms with Gasteiger partial charge in [0.05, 0.1) is 11.9 Å². The molecule has 0 fully saturated rings. The molecule has 5 heteroatoms. The van der Waals surface area contributed by atoms with Gasteiger partial charge in [-0.2, -0.15) is 5.10 Å². The number of carbonyl (C=O) groups is 1. The van der Waals surface area contributed by atoms with Crippen LogP contribution in [-0.2, 0) is 11.2 Å². The first-order chi connectivity index (χ1) is 13.7. The molecule has 0 saturated heterocycles. The van der Waals surface area contributed by atoms with Crippen molar-refractivity contribution in [2.45, 2.75) is 25.7 Å². The van der Waals surface area contributed by atoms with E-state index in [1.807, 2.05) is 47.3 Å². The van der Waals surface area contributed by atoms with Gasteiger partial charge in [-0.05, 0) is 41.8 Å². The Labute approximate surface area is 164 Å². The topological polar surface area (TPSA) is 56.1 Å². The average Bonchev–Trinajstić information content (AvgIpc) is 3.16. The van der Waals surface area contributed by atoms with E-state index in [0.29, 0.717) is 12.2 Å². The van der Waals surface area contributed by atoms with E-state index in [2.05, 4.69) is 35.4 Å². The van der Waals surface area contributed by atoms with Crippen LogP contribution < -0.4 is 10.1 Å². The molecule has 3 aromatic rings. The number of terminal acetylenes is 1. The number of fused-ring (bicyclic) bond motifs is 1. The number of ether oxygens (including phenoxy) is 1. The number of aromatic nitrogens is 2. The van der Waals surface area contributed by atoms with Crippen LogP contribution in [0.15, 0.2) is 54.7 Å². The van der Waals surface area contributed by atoms with E-state index in [-0.39, 0.29) is 18.4 Å². The fourth-order valence-electron chi connectivity index (χ4n) is 3.54. The molecule has 0 aliphatic carbocycles. The molecule has 4 rings (SSSR count). The summed E-state index contributed by atoms with van der Waals surface area (Å²) in [7, 11) is 0. The van der Waals surface area contributed by atoms with Crippen molar-refractivity contribution >= 4 is 11.7 Å². The fraction of sp³-hybridized carbons (Fsp3) is 0.217. The third-order valence-electron chi connectivity index (χ3n) is 4.99.